The minimum atomic E-state index is -0.257. The lowest BCUT2D eigenvalue weighted by Gasteiger charge is -2.15. The van der Waals surface area contributed by atoms with Crippen LogP contribution in [-0.4, -0.2) is 26.4 Å². The van der Waals surface area contributed by atoms with E-state index in [-0.39, 0.29) is 17.8 Å². The molecule has 1 unspecified atom stereocenters. The Bertz CT molecular complexity index is 1030. The molecule has 164 valence electrons. The smallest absolute Gasteiger partial charge is 0.234 e. The van der Waals surface area contributed by atoms with Gasteiger partial charge in [-0.2, -0.15) is 0 Å². The first-order chi connectivity index (χ1) is 14.9. The van der Waals surface area contributed by atoms with E-state index in [0.29, 0.717) is 5.16 Å². The minimum Gasteiger partial charge on any atom is -0.483 e. The third kappa shape index (κ3) is 5.67. The van der Waals surface area contributed by atoms with Gasteiger partial charge in [0.15, 0.2) is 17.1 Å². The van der Waals surface area contributed by atoms with Crippen LogP contribution in [0.25, 0.3) is 0 Å². The molecule has 2 aromatic carbocycles. The first-order valence-corrected chi connectivity index (χ1v) is 11.6. The van der Waals surface area contributed by atoms with Crippen LogP contribution in [0.4, 0.5) is 5.69 Å². The highest BCUT2D eigenvalue weighted by Gasteiger charge is 2.18. The van der Waals surface area contributed by atoms with Gasteiger partial charge in [0, 0.05) is 12.7 Å². The average Bonchev–Trinajstić information content (AvgIpc) is 3.14. The van der Waals surface area contributed by atoms with E-state index >= 15 is 0 Å². The first kappa shape index (κ1) is 22.9. The van der Waals surface area contributed by atoms with Gasteiger partial charge in [-0.05, 0) is 55.5 Å². The molecule has 1 N–H and O–H groups in total. The van der Waals surface area contributed by atoms with Crippen molar-refractivity contribution >= 4 is 23.4 Å². The summed E-state index contributed by atoms with van der Waals surface area (Å²) in [7, 11) is 1.89. The summed E-state index contributed by atoms with van der Waals surface area (Å²) in [6.07, 6.45) is 1.61. The predicted molar refractivity (Wildman–Crippen MR) is 126 cm³/mol. The van der Waals surface area contributed by atoms with Gasteiger partial charge in [0.25, 0.3) is 0 Å². The molecule has 0 aliphatic heterocycles. The molecule has 1 aromatic heterocycles. The molecular weight excluding hydrogens is 408 g/mol. The Morgan fingerprint density at radius 2 is 1.87 bits per heavy atom. The molecule has 3 rings (SSSR count). The molecular formula is C24H30N4O2S. The van der Waals surface area contributed by atoms with E-state index in [2.05, 4.69) is 41.5 Å². The maximum Gasteiger partial charge on any atom is 0.234 e. The van der Waals surface area contributed by atoms with Crippen LogP contribution in [-0.2, 0) is 24.7 Å². The maximum absolute atomic E-state index is 12.5. The quantitative estimate of drug-likeness (QED) is 0.470. The molecule has 0 bridgehead atoms. The lowest BCUT2D eigenvalue weighted by Crippen LogP contribution is -2.16. The number of rotatable bonds is 9. The molecule has 0 aliphatic rings. The lowest BCUT2D eigenvalue weighted by molar-refractivity contribution is -0.113. The van der Waals surface area contributed by atoms with Crippen LogP contribution in [0.1, 0.15) is 49.4 Å². The van der Waals surface area contributed by atoms with E-state index in [0.717, 1.165) is 41.2 Å². The number of para-hydroxylation sites is 1. The van der Waals surface area contributed by atoms with Crippen molar-refractivity contribution in [1.29, 1.82) is 0 Å². The molecule has 6 nitrogen and oxygen atoms in total. The Kier molecular flexibility index (Phi) is 7.74. The zero-order valence-corrected chi connectivity index (χ0v) is 19.6. The Hall–Kier alpha value is -2.80. The number of hydrogen-bond acceptors (Lipinski definition) is 5. The van der Waals surface area contributed by atoms with Crippen molar-refractivity contribution in [3.05, 3.63) is 65.0 Å². The van der Waals surface area contributed by atoms with Crippen molar-refractivity contribution in [2.24, 2.45) is 7.05 Å². The molecule has 0 aliphatic carbocycles. The zero-order valence-electron chi connectivity index (χ0n) is 18.8. The number of nitrogens with one attached hydrogen (secondary N) is 1. The van der Waals surface area contributed by atoms with Gasteiger partial charge in [0.2, 0.25) is 5.91 Å². The van der Waals surface area contributed by atoms with Crippen molar-refractivity contribution < 1.29 is 9.53 Å². The average molecular weight is 439 g/mol. The number of amides is 1. The number of carbonyl (C=O) groups excluding carboxylic acids is 1. The first-order valence-electron chi connectivity index (χ1n) is 10.6. The molecule has 3 aromatic rings. The number of benzene rings is 2. The molecule has 1 amide bonds. The predicted octanol–water partition coefficient (Wildman–Crippen LogP) is 5.12. The van der Waals surface area contributed by atoms with E-state index in [1.54, 1.807) is 0 Å². The van der Waals surface area contributed by atoms with Crippen molar-refractivity contribution in [2.45, 2.75) is 51.8 Å². The summed E-state index contributed by atoms with van der Waals surface area (Å²) in [6, 6.07) is 14.1. The fourth-order valence-corrected chi connectivity index (χ4v) is 4.09. The van der Waals surface area contributed by atoms with E-state index < -0.39 is 0 Å². The van der Waals surface area contributed by atoms with Crippen molar-refractivity contribution in [3.63, 3.8) is 0 Å². The lowest BCUT2D eigenvalue weighted by atomic mass is 10.1. The standard InChI is InChI=1S/C24H30N4O2S/c1-6-18-11-13-20(14-12-18)30-17(4)23-26-27-24(28(23)5)31-15-21(29)25-22-16(3)9-8-10-19(22)7-2/h8-14,17H,6-7,15H2,1-5H3,(H,25,29). The topological polar surface area (TPSA) is 69.0 Å². The molecule has 0 fully saturated rings. The molecule has 1 atom stereocenters. The number of hydrogen-bond donors (Lipinski definition) is 1. The Labute approximate surface area is 188 Å². The SMILES string of the molecule is CCc1ccc(OC(C)c2nnc(SCC(=O)Nc3c(C)cccc3CC)n2C)cc1. The summed E-state index contributed by atoms with van der Waals surface area (Å²) in [4.78, 5) is 12.5. The fourth-order valence-electron chi connectivity index (χ4n) is 3.37. The van der Waals surface area contributed by atoms with E-state index in [9.17, 15) is 4.79 Å². The summed E-state index contributed by atoms with van der Waals surface area (Å²) in [5, 5.41) is 12.3. The van der Waals surface area contributed by atoms with Crippen LogP contribution in [0.15, 0.2) is 47.6 Å². The fraction of sp³-hybridized carbons (Fsp3) is 0.375. The second-order valence-corrected chi connectivity index (χ2v) is 8.40. The summed E-state index contributed by atoms with van der Waals surface area (Å²) in [6.45, 7) is 8.17. The van der Waals surface area contributed by atoms with Crippen molar-refractivity contribution in [2.75, 3.05) is 11.1 Å². The van der Waals surface area contributed by atoms with Crippen molar-refractivity contribution in [3.8, 4) is 5.75 Å². The number of ether oxygens (including phenoxy) is 1. The van der Waals surface area contributed by atoms with E-state index in [1.807, 2.05) is 55.8 Å². The van der Waals surface area contributed by atoms with E-state index in [1.165, 1.54) is 17.3 Å². The Morgan fingerprint density at radius 3 is 2.55 bits per heavy atom. The monoisotopic (exact) mass is 438 g/mol. The number of carbonyl (C=O) groups is 1. The van der Waals surface area contributed by atoms with Crippen LogP contribution in [0.5, 0.6) is 5.75 Å². The van der Waals surface area contributed by atoms with Crippen LogP contribution in [0, 0.1) is 6.92 Å². The number of aromatic nitrogens is 3. The molecule has 0 spiro atoms. The molecule has 31 heavy (non-hydrogen) atoms. The summed E-state index contributed by atoms with van der Waals surface area (Å²) >= 11 is 1.36. The summed E-state index contributed by atoms with van der Waals surface area (Å²) in [5.41, 5.74) is 4.38. The molecule has 7 heteroatoms. The summed E-state index contributed by atoms with van der Waals surface area (Å²) in [5.74, 6) is 1.72. The molecule has 0 radical (unpaired) electrons. The van der Waals surface area contributed by atoms with Gasteiger partial charge in [-0.3, -0.25) is 4.79 Å². The van der Waals surface area contributed by atoms with Gasteiger partial charge in [-0.15, -0.1) is 10.2 Å². The maximum atomic E-state index is 12.5. The molecule has 0 saturated carbocycles. The minimum absolute atomic E-state index is 0.0566. The second kappa shape index (κ2) is 10.5. The Morgan fingerprint density at radius 1 is 1.13 bits per heavy atom. The number of nitrogens with zero attached hydrogens (tertiary/aromatic N) is 3. The molecule has 1 heterocycles. The third-order valence-corrected chi connectivity index (χ3v) is 6.23. The normalized spacial score (nSPS) is 11.9. The Balaban J connectivity index is 1.60. The number of anilines is 1. The van der Waals surface area contributed by atoms with Gasteiger partial charge in [-0.25, -0.2) is 0 Å². The van der Waals surface area contributed by atoms with Crippen molar-refractivity contribution in [1.82, 2.24) is 14.8 Å². The van der Waals surface area contributed by atoms with Crippen LogP contribution >= 0.6 is 11.8 Å². The van der Waals surface area contributed by atoms with Crippen LogP contribution in [0.3, 0.4) is 0 Å². The number of aryl methyl sites for hydroxylation is 3. The van der Waals surface area contributed by atoms with Gasteiger partial charge in [-0.1, -0.05) is 55.9 Å². The third-order valence-electron chi connectivity index (χ3n) is 5.21. The second-order valence-electron chi connectivity index (χ2n) is 7.46. The van der Waals surface area contributed by atoms with Crippen LogP contribution < -0.4 is 10.1 Å². The number of thioether (sulfide) groups is 1. The highest BCUT2D eigenvalue weighted by molar-refractivity contribution is 7.99. The zero-order chi connectivity index (χ0) is 22.4. The highest BCUT2D eigenvalue weighted by atomic mass is 32.2. The largest absolute Gasteiger partial charge is 0.483 e. The van der Waals surface area contributed by atoms with E-state index in [4.69, 9.17) is 4.74 Å². The van der Waals surface area contributed by atoms with Gasteiger partial charge in [0.1, 0.15) is 5.75 Å². The van der Waals surface area contributed by atoms with Crippen LogP contribution in [0.2, 0.25) is 0 Å². The van der Waals surface area contributed by atoms with Gasteiger partial charge in [0.05, 0.1) is 5.75 Å². The van der Waals surface area contributed by atoms with Gasteiger partial charge < -0.3 is 14.6 Å². The highest BCUT2D eigenvalue weighted by Crippen LogP contribution is 2.25. The molecule has 0 saturated heterocycles. The summed E-state index contributed by atoms with van der Waals surface area (Å²) < 4.78 is 7.91. The van der Waals surface area contributed by atoms with Gasteiger partial charge >= 0.3 is 0 Å².